The molecular formula is C9H18N2. The van der Waals surface area contributed by atoms with E-state index in [1.54, 1.807) is 0 Å². The molecule has 1 fully saturated rings. The van der Waals surface area contributed by atoms with Crippen molar-refractivity contribution in [2.24, 2.45) is 11.7 Å². The Balaban J connectivity index is 2.34. The van der Waals surface area contributed by atoms with Gasteiger partial charge in [-0.1, -0.05) is 6.08 Å². The predicted octanol–water partition coefficient (Wildman–Crippen LogP) is 0.842. The highest BCUT2D eigenvalue weighted by Gasteiger charge is 2.23. The van der Waals surface area contributed by atoms with Gasteiger partial charge in [0.25, 0.3) is 0 Å². The number of hydrogen-bond donors (Lipinski definition) is 1. The van der Waals surface area contributed by atoms with Gasteiger partial charge in [0.15, 0.2) is 0 Å². The summed E-state index contributed by atoms with van der Waals surface area (Å²) in [6.45, 7) is 9.15. The van der Waals surface area contributed by atoms with Crippen molar-refractivity contribution in [2.45, 2.75) is 19.4 Å². The third-order valence-electron chi connectivity index (χ3n) is 2.57. The quantitative estimate of drug-likeness (QED) is 0.610. The Labute approximate surface area is 69.1 Å². The molecule has 2 N–H and O–H groups in total. The van der Waals surface area contributed by atoms with Crippen LogP contribution < -0.4 is 5.73 Å². The van der Waals surface area contributed by atoms with Gasteiger partial charge in [0.2, 0.25) is 0 Å². The van der Waals surface area contributed by atoms with Gasteiger partial charge in [0.05, 0.1) is 0 Å². The van der Waals surface area contributed by atoms with Gasteiger partial charge < -0.3 is 5.73 Å². The maximum atomic E-state index is 5.59. The van der Waals surface area contributed by atoms with Crippen molar-refractivity contribution in [2.75, 3.05) is 19.6 Å². The smallest absolute Gasteiger partial charge is 0.0247 e. The zero-order chi connectivity index (χ0) is 8.27. The average molecular weight is 154 g/mol. The zero-order valence-electron chi connectivity index (χ0n) is 7.29. The van der Waals surface area contributed by atoms with Gasteiger partial charge >= 0.3 is 0 Å². The van der Waals surface area contributed by atoms with Crippen LogP contribution in [0, 0.1) is 5.92 Å². The van der Waals surface area contributed by atoms with Gasteiger partial charge in [0, 0.05) is 12.6 Å². The Morgan fingerprint density at radius 3 is 3.00 bits per heavy atom. The Morgan fingerprint density at radius 1 is 1.82 bits per heavy atom. The molecule has 1 saturated heterocycles. The van der Waals surface area contributed by atoms with Gasteiger partial charge in [-0.2, -0.15) is 0 Å². The van der Waals surface area contributed by atoms with Gasteiger partial charge in [-0.15, -0.1) is 6.58 Å². The fourth-order valence-electron chi connectivity index (χ4n) is 1.57. The van der Waals surface area contributed by atoms with Gasteiger partial charge in [-0.3, -0.25) is 4.90 Å². The summed E-state index contributed by atoms with van der Waals surface area (Å²) in [6.07, 6.45) is 3.26. The molecule has 1 aliphatic heterocycles. The molecular weight excluding hydrogens is 136 g/mol. The van der Waals surface area contributed by atoms with Crippen molar-refractivity contribution in [3.05, 3.63) is 12.7 Å². The summed E-state index contributed by atoms with van der Waals surface area (Å²) in [6, 6.07) is 0.520. The molecule has 1 heterocycles. The number of nitrogens with zero attached hydrogens (tertiary/aromatic N) is 1. The lowest BCUT2D eigenvalue weighted by atomic mass is 10.1. The zero-order valence-corrected chi connectivity index (χ0v) is 7.29. The molecule has 0 aliphatic carbocycles. The Morgan fingerprint density at radius 2 is 2.55 bits per heavy atom. The first-order chi connectivity index (χ1) is 5.27. The highest BCUT2D eigenvalue weighted by Crippen LogP contribution is 2.17. The van der Waals surface area contributed by atoms with Gasteiger partial charge in [0.1, 0.15) is 0 Å². The van der Waals surface area contributed by atoms with Crippen molar-refractivity contribution >= 4 is 0 Å². The largest absolute Gasteiger partial charge is 0.330 e. The molecule has 0 aromatic rings. The molecule has 1 rings (SSSR count). The fourth-order valence-corrected chi connectivity index (χ4v) is 1.57. The van der Waals surface area contributed by atoms with Crippen molar-refractivity contribution in [3.8, 4) is 0 Å². The second kappa shape index (κ2) is 3.88. The molecule has 2 heteroatoms. The van der Waals surface area contributed by atoms with E-state index in [0.29, 0.717) is 6.04 Å². The molecule has 0 aromatic carbocycles. The molecule has 2 nitrogen and oxygen atoms in total. The molecule has 0 radical (unpaired) electrons. The summed E-state index contributed by atoms with van der Waals surface area (Å²) in [5.74, 6) is 0.720. The van der Waals surface area contributed by atoms with Crippen LogP contribution >= 0.6 is 0 Å². The van der Waals surface area contributed by atoms with Crippen molar-refractivity contribution < 1.29 is 0 Å². The second-order valence-corrected chi connectivity index (χ2v) is 3.36. The van der Waals surface area contributed by atoms with Crippen LogP contribution in [-0.2, 0) is 0 Å². The predicted molar refractivity (Wildman–Crippen MR) is 48.4 cm³/mol. The minimum Gasteiger partial charge on any atom is -0.330 e. The highest BCUT2D eigenvalue weighted by atomic mass is 15.2. The van der Waals surface area contributed by atoms with Crippen LogP contribution in [0.15, 0.2) is 12.7 Å². The van der Waals surface area contributed by atoms with E-state index in [4.69, 9.17) is 5.73 Å². The molecule has 11 heavy (non-hydrogen) atoms. The highest BCUT2D eigenvalue weighted by molar-refractivity contribution is 4.88. The first kappa shape index (κ1) is 8.75. The second-order valence-electron chi connectivity index (χ2n) is 3.36. The number of rotatable bonds is 3. The molecule has 0 saturated carbocycles. The van der Waals surface area contributed by atoms with Crippen LogP contribution in [-0.4, -0.2) is 30.6 Å². The third-order valence-corrected chi connectivity index (χ3v) is 2.57. The fraction of sp³-hybridized carbons (Fsp3) is 0.778. The first-order valence-corrected chi connectivity index (χ1v) is 4.34. The number of likely N-dealkylation sites (tertiary alicyclic amines) is 1. The molecule has 2 unspecified atom stereocenters. The summed E-state index contributed by atoms with van der Waals surface area (Å²) in [5.41, 5.74) is 5.59. The summed E-state index contributed by atoms with van der Waals surface area (Å²) in [7, 11) is 0. The van der Waals surface area contributed by atoms with Crippen LogP contribution in [0.25, 0.3) is 0 Å². The van der Waals surface area contributed by atoms with Gasteiger partial charge in [-0.25, -0.2) is 0 Å². The van der Waals surface area contributed by atoms with E-state index in [1.165, 1.54) is 13.0 Å². The van der Waals surface area contributed by atoms with Crippen molar-refractivity contribution in [1.82, 2.24) is 4.90 Å². The van der Waals surface area contributed by atoms with E-state index in [1.807, 2.05) is 6.08 Å². The van der Waals surface area contributed by atoms with E-state index in [9.17, 15) is 0 Å². The van der Waals surface area contributed by atoms with Crippen molar-refractivity contribution in [3.63, 3.8) is 0 Å². The number of nitrogens with two attached hydrogens (primary N) is 1. The van der Waals surface area contributed by atoms with E-state index in [0.717, 1.165) is 19.0 Å². The first-order valence-electron chi connectivity index (χ1n) is 4.34. The number of hydrogen-bond acceptors (Lipinski definition) is 2. The Kier molecular flexibility index (Phi) is 3.09. The standard InChI is InChI=1S/C9H18N2/c1-3-8(2)11-5-4-9(6-10)7-11/h3,8-9H,1,4-7,10H2,2H3. The lowest BCUT2D eigenvalue weighted by Crippen LogP contribution is -2.30. The van der Waals surface area contributed by atoms with E-state index >= 15 is 0 Å². The van der Waals surface area contributed by atoms with E-state index in [2.05, 4.69) is 18.4 Å². The minimum absolute atomic E-state index is 0.520. The summed E-state index contributed by atoms with van der Waals surface area (Å²) < 4.78 is 0. The Bertz CT molecular complexity index is 134. The monoisotopic (exact) mass is 154 g/mol. The molecule has 0 amide bonds. The molecule has 0 aromatic heterocycles. The summed E-state index contributed by atoms with van der Waals surface area (Å²) in [4.78, 5) is 2.44. The van der Waals surface area contributed by atoms with E-state index in [-0.39, 0.29) is 0 Å². The molecule has 64 valence electrons. The SMILES string of the molecule is C=CC(C)N1CCC(CN)C1. The van der Waals surface area contributed by atoms with Crippen LogP contribution in [0.4, 0.5) is 0 Å². The van der Waals surface area contributed by atoms with Gasteiger partial charge in [-0.05, 0) is 32.4 Å². The maximum Gasteiger partial charge on any atom is 0.0247 e. The minimum atomic E-state index is 0.520. The normalized spacial score (nSPS) is 28.7. The molecule has 0 bridgehead atoms. The summed E-state index contributed by atoms with van der Waals surface area (Å²) in [5, 5.41) is 0. The lowest BCUT2D eigenvalue weighted by molar-refractivity contribution is 0.289. The Hall–Kier alpha value is -0.340. The molecule has 2 atom stereocenters. The topological polar surface area (TPSA) is 29.3 Å². The maximum absolute atomic E-state index is 5.59. The lowest BCUT2D eigenvalue weighted by Gasteiger charge is -2.20. The molecule has 0 spiro atoms. The molecule has 1 aliphatic rings. The van der Waals surface area contributed by atoms with Crippen molar-refractivity contribution in [1.29, 1.82) is 0 Å². The van der Waals surface area contributed by atoms with E-state index < -0.39 is 0 Å². The van der Waals surface area contributed by atoms with Crippen LogP contribution in [0.2, 0.25) is 0 Å². The van der Waals surface area contributed by atoms with Crippen LogP contribution in [0.5, 0.6) is 0 Å². The summed E-state index contributed by atoms with van der Waals surface area (Å²) >= 11 is 0. The third kappa shape index (κ3) is 2.04. The average Bonchev–Trinajstić information content (AvgIpc) is 2.50. The van der Waals surface area contributed by atoms with Crippen LogP contribution in [0.3, 0.4) is 0 Å². The van der Waals surface area contributed by atoms with Crippen LogP contribution in [0.1, 0.15) is 13.3 Å².